The summed E-state index contributed by atoms with van der Waals surface area (Å²) in [6.07, 6.45) is 1.20. The fourth-order valence-electron chi connectivity index (χ4n) is 6.88. The van der Waals surface area contributed by atoms with Gasteiger partial charge in [0.25, 0.3) is 0 Å². The van der Waals surface area contributed by atoms with Crippen LogP contribution < -0.4 is 4.90 Å². The topological polar surface area (TPSA) is 6.48 Å². The normalized spacial score (nSPS) is 15.5. The van der Waals surface area contributed by atoms with Crippen molar-refractivity contribution in [1.82, 2.24) is 4.90 Å². The molecule has 0 saturated carbocycles. The molecular weight excluding hydrogens is 704 g/mol. The van der Waals surface area contributed by atoms with E-state index in [4.69, 9.17) is 19.4 Å². The maximum atomic E-state index is 6.12. The average molecular weight is 758 g/mol. The van der Waals surface area contributed by atoms with Crippen LogP contribution in [0.2, 0.25) is 0 Å². The van der Waals surface area contributed by atoms with Crippen LogP contribution in [0.4, 0.5) is 5.69 Å². The van der Waals surface area contributed by atoms with E-state index in [0.717, 1.165) is 25.2 Å². The Hall–Kier alpha value is -2.29. The number of benzene rings is 4. The Morgan fingerprint density at radius 1 is 0.702 bits per heavy atom. The van der Waals surface area contributed by atoms with E-state index in [1.807, 2.05) is 10.7 Å². The van der Waals surface area contributed by atoms with Crippen molar-refractivity contribution in [2.45, 2.75) is 98.8 Å². The van der Waals surface area contributed by atoms with Gasteiger partial charge in [0, 0.05) is 11.2 Å². The van der Waals surface area contributed by atoms with E-state index in [1.165, 1.54) is 39.9 Å². The minimum absolute atomic E-state index is 0.179. The van der Waals surface area contributed by atoms with Crippen molar-refractivity contribution < 1.29 is 13.5 Å². The fourth-order valence-corrected chi connectivity index (χ4v) is 8.76. The van der Waals surface area contributed by atoms with E-state index in [0.29, 0.717) is 11.8 Å². The van der Waals surface area contributed by atoms with E-state index in [1.54, 1.807) is 0 Å². The first kappa shape index (κ1) is 37.5. The predicted octanol–water partition coefficient (Wildman–Crippen LogP) is 12.1. The van der Waals surface area contributed by atoms with Gasteiger partial charge in [0.05, 0.1) is 0 Å². The Kier molecular flexibility index (Phi) is 13.5. The van der Waals surface area contributed by atoms with Gasteiger partial charge in [-0.25, -0.2) is 6.54 Å². The Morgan fingerprint density at radius 2 is 1.19 bits per heavy atom. The Labute approximate surface area is 298 Å². The van der Waals surface area contributed by atoms with Gasteiger partial charge in [-0.05, 0) is 36.8 Å². The van der Waals surface area contributed by atoms with Crippen molar-refractivity contribution in [3.63, 3.8) is 0 Å². The minimum atomic E-state index is -1.85. The monoisotopic (exact) mass is 757 g/mol. The van der Waals surface area contributed by atoms with E-state index in [-0.39, 0.29) is 11.0 Å². The summed E-state index contributed by atoms with van der Waals surface area (Å²) >= 11 is -1.85. The summed E-state index contributed by atoms with van der Waals surface area (Å²) in [7, 11) is 12.2. The van der Waals surface area contributed by atoms with Crippen molar-refractivity contribution in [3.8, 4) is 0 Å². The summed E-state index contributed by atoms with van der Waals surface area (Å²) in [5.74, 6) is 1.10. The molecule has 2 nitrogen and oxygen atoms in total. The molecule has 0 N–H and O–H groups in total. The third kappa shape index (κ3) is 10.9. The number of para-hydroxylation sites is 1. The molecule has 0 spiro atoms. The van der Waals surface area contributed by atoms with E-state index < -0.39 is 13.5 Å². The average Bonchev–Trinajstić information content (AvgIpc) is 3.24. The van der Waals surface area contributed by atoms with Gasteiger partial charge >= 0.3 is 169 Å². The second kappa shape index (κ2) is 16.9. The van der Waals surface area contributed by atoms with Crippen LogP contribution in [0.15, 0.2) is 103 Å². The molecule has 4 aromatic rings. The summed E-state index contributed by atoms with van der Waals surface area (Å²) in [6, 6.07) is 36.4. The summed E-state index contributed by atoms with van der Waals surface area (Å²) in [5, 5.41) is 0. The molecule has 1 saturated heterocycles. The molecule has 0 bridgehead atoms. The number of hydrogen-bond acceptors (Lipinski definition) is 2. The summed E-state index contributed by atoms with van der Waals surface area (Å²) < 4.78 is 2.03. The molecule has 254 valence electrons. The Bertz CT molecular complexity index is 1520. The molecule has 0 aliphatic carbocycles. The van der Waals surface area contributed by atoms with Crippen molar-refractivity contribution in [1.29, 1.82) is 0 Å². The molecule has 1 aliphatic rings. The molecule has 4 aromatic carbocycles. The van der Waals surface area contributed by atoms with Gasteiger partial charge in [0.1, 0.15) is 0 Å². The molecule has 0 atom stereocenters. The first-order valence-corrected chi connectivity index (χ1v) is 22.2. The van der Waals surface area contributed by atoms with Crippen LogP contribution in [0.5, 0.6) is 0 Å². The summed E-state index contributed by atoms with van der Waals surface area (Å²) in [5.41, 5.74) is 9.89. The zero-order chi connectivity index (χ0) is 34.2. The second-order valence-electron chi connectivity index (χ2n) is 14.7. The second-order valence-corrected chi connectivity index (χ2v) is 20.4. The zero-order valence-electron chi connectivity index (χ0n) is 29.5. The number of anilines is 1. The Balaban J connectivity index is 0.000000218. The van der Waals surface area contributed by atoms with Crippen LogP contribution in [-0.2, 0) is 33.2 Å². The molecule has 1 aliphatic heterocycles. The number of nitrogens with zero attached hydrogens (tertiary/aromatic N) is 2. The summed E-state index contributed by atoms with van der Waals surface area (Å²) in [4.78, 5) is 5.02. The summed E-state index contributed by atoms with van der Waals surface area (Å²) in [6.45, 7) is 23.8. The van der Waals surface area contributed by atoms with Crippen molar-refractivity contribution in [2.24, 2.45) is 5.41 Å². The number of hydrogen-bond donors (Lipinski definition) is 0. The molecule has 5 rings (SSSR count). The van der Waals surface area contributed by atoms with Crippen LogP contribution >= 0.6 is 19.4 Å². The van der Waals surface area contributed by atoms with Gasteiger partial charge in [-0.15, -0.1) is 5.41 Å². The quantitative estimate of drug-likeness (QED) is 0.117. The van der Waals surface area contributed by atoms with Crippen LogP contribution in [-0.4, -0.2) is 15.0 Å². The molecule has 5 heteroatoms. The molecular formula is C42H53Cl2N2Ru-. The fraction of sp³-hybridized carbons (Fsp3) is 0.381. The molecule has 0 unspecified atom stereocenters. The predicted molar refractivity (Wildman–Crippen MR) is 203 cm³/mol. The van der Waals surface area contributed by atoms with Crippen LogP contribution in [0.3, 0.4) is 0 Å². The first-order chi connectivity index (χ1) is 22.3. The molecule has 0 aromatic heterocycles. The van der Waals surface area contributed by atoms with Gasteiger partial charge in [-0.2, -0.15) is 0 Å². The Morgan fingerprint density at radius 3 is 1.64 bits per heavy atom. The third-order valence-electron chi connectivity index (χ3n) is 8.74. The van der Waals surface area contributed by atoms with Gasteiger partial charge in [-0.1, -0.05) is 66.2 Å². The molecule has 0 radical (unpaired) electrons. The van der Waals surface area contributed by atoms with E-state index in [2.05, 4.69) is 169 Å². The number of rotatable bonds is 10. The van der Waals surface area contributed by atoms with E-state index in [9.17, 15) is 0 Å². The number of halogens is 2. The molecule has 0 amide bonds. The van der Waals surface area contributed by atoms with Gasteiger partial charge < -0.3 is 4.90 Å². The first-order valence-electron chi connectivity index (χ1n) is 16.8. The molecule has 1 heterocycles. The zero-order valence-corrected chi connectivity index (χ0v) is 32.7. The van der Waals surface area contributed by atoms with Crippen molar-refractivity contribution >= 4 is 29.7 Å². The van der Waals surface area contributed by atoms with Crippen molar-refractivity contribution in [2.75, 3.05) is 4.90 Å². The van der Waals surface area contributed by atoms with Crippen LogP contribution in [0.25, 0.3) is 0 Å². The standard InChI is InChI=1S/C22H21N.C20H32N.2ClH.Ru/c1-19-10-8-9-15-22(19)18-23(16-20-11-4-2-5-12-20)17-21-13-6-3-7-14-21;1-14(2)16-10-9-11-17(15(3)4)18(16)21-13-19(5,6)12-20(21,7)8;;;/h1-15H,16-18H2;9-11,13-15H,12H2,1-8H3;2*1H;/q;-1;;;+2/p-2. The van der Waals surface area contributed by atoms with Gasteiger partial charge in [0.15, 0.2) is 0 Å². The van der Waals surface area contributed by atoms with Crippen LogP contribution in [0.1, 0.15) is 107 Å². The van der Waals surface area contributed by atoms with Crippen molar-refractivity contribution in [3.05, 3.63) is 143 Å². The SMILES string of the molecule is CC(C)c1cccc(C(C)C)c1N1[CH-]C(C)(C)CC1(C)C.[Cl][Ru]([Cl])=[CH]c1ccccc1CN(Cc1ccccc1)Cc1ccccc1. The molecule has 47 heavy (non-hydrogen) atoms. The van der Waals surface area contributed by atoms with E-state index >= 15 is 0 Å². The van der Waals surface area contributed by atoms with Gasteiger partial charge in [0.2, 0.25) is 0 Å². The maximum absolute atomic E-state index is 6.12. The molecule has 1 fully saturated rings. The van der Waals surface area contributed by atoms with Gasteiger partial charge in [-0.3, -0.25) is 0 Å². The third-order valence-corrected chi connectivity index (χ3v) is 10.6. The van der Waals surface area contributed by atoms with Crippen LogP contribution in [0, 0.1) is 12.0 Å².